The van der Waals surface area contributed by atoms with E-state index in [2.05, 4.69) is 12.2 Å². The van der Waals surface area contributed by atoms with Crippen LogP contribution in [0.3, 0.4) is 0 Å². The summed E-state index contributed by atoms with van der Waals surface area (Å²) >= 11 is 5.91. The topological polar surface area (TPSA) is 66.5 Å². The number of carbonyl (C=O) groups excluding carboxylic acids is 1. The second-order valence-electron chi connectivity index (χ2n) is 5.89. The third kappa shape index (κ3) is 4.00. The Bertz CT molecular complexity index is 618. The molecule has 0 aliphatic carbocycles. The van der Waals surface area contributed by atoms with Crippen LogP contribution >= 0.6 is 11.6 Å². The van der Waals surface area contributed by atoms with Crippen LogP contribution in [0, 0.1) is 0 Å². The van der Waals surface area contributed by atoms with Gasteiger partial charge in [-0.05, 0) is 30.5 Å². The van der Waals surface area contributed by atoms with Crippen LogP contribution in [0.2, 0.25) is 5.02 Å². The number of hydrogen-bond donors (Lipinski definition) is 1. The maximum Gasteiger partial charge on any atom is 0.214 e. The van der Waals surface area contributed by atoms with Crippen LogP contribution in [0.4, 0.5) is 0 Å². The summed E-state index contributed by atoms with van der Waals surface area (Å²) in [5.41, 5.74) is 0.927. The number of benzene rings is 1. The molecule has 1 saturated heterocycles. The minimum absolute atomic E-state index is 0.0601. The Morgan fingerprint density at radius 3 is 2.68 bits per heavy atom. The predicted molar refractivity (Wildman–Crippen MR) is 87.5 cm³/mol. The number of nitrogens with zero attached hydrogens (tertiary/aromatic N) is 1. The zero-order chi connectivity index (χ0) is 16.2. The number of halogens is 1. The second-order valence-corrected chi connectivity index (χ2v) is 8.42. The summed E-state index contributed by atoms with van der Waals surface area (Å²) in [5.74, 6) is 0.0601. The Kier molecular flexibility index (Phi) is 5.47. The molecule has 5 nitrogen and oxygen atoms in total. The molecule has 1 fully saturated rings. The van der Waals surface area contributed by atoms with Gasteiger partial charge < -0.3 is 5.32 Å². The monoisotopic (exact) mass is 344 g/mol. The van der Waals surface area contributed by atoms with Crippen LogP contribution in [0.25, 0.3) is 0 Å². The Hall–Kier alpha value is -1.11. The molecule has 0 bridgehead atoms. The van der Waals surface area contributed by atoms with Gasteiger partial charge in [0, 0.05) is 30.1 Å². The van der Waals surface area contributed by atoms with Crippen LogP contribution in [0.15, 0.2) is 24.3 Å². The number of carbonyl (C=O) groups is 1. The lowest BCUT2D eigenvalue weighted by Gasteiger charge is -2.25. The molecule has 0 saturated carbocycles. The lowest BCUT2D eigenvalue weighted by atomic mass is 9.82. The highest BCUT2D eigenvalue weighted by Gasteiger charge is 2.39. The molecule has 2 rings (SSSR count). The van der Waals surface area contributed by atoms with E-state index in [0.717, 1.165) is 12.0 Å². The van der Waals surface area contributed by atoms with Crippen molar-refractivity contribution in [1.29, 1.82) is 0 Å². The molecule has 7 heteroatoms. The Morgan fingerprint density at radius 2 is 2.05 bits per heavy atom. The first-order chi connectivity index (χ1) is 10.4. The average Bonchev–Trinajstić information content (AvgIpc) is 2.89. The first-order valence-corrected chi connectivity index (χ1v) is 9.27. The van der Waals surface area contributed by atoms with E-state index in [-0.39, 0.29) is 11.2 Å². The van der Waals surface area contributed by atoms with Crippen molar-refractivity contribution in [2.75, 3.05) is 25.4 Å². The van der Waals surface area contributed by atoms with Crippen molar-refractivity contribution in [3.63, 3.8) is 0 Å². The predicted octanol–water partition coefficient (Wildman–Crippen LogP) is 1.77. The van der Waals surface area contributed by atoms with Crippen molar-refractivity contribution in [2.45, 2.75) is 25.2 Å². The van der Waals surface area contributed by atoms with Gasteiger partial charge in [0.1, 0.15) is 0 Å². The molecule has 1 amide bonds. The van der Waals surface area contributed by atoms with Gasteiger partial charge in [-0.1, -0.05) is 30.7 Å². The molecular formula is C15H21ClN2O3S. The number of amides is 1. The van der Waals surface area contributed by atoms with Crippen molar-refractivity contribution in [3.05, 3.63) is 34.9 Å². The fourth-order valence-electron chi connectivity index (χ4n) is 2.79. The molecule has 1 aromatic carbocycles. The van der Waals surface area contributed by atoms with Gasteiger partial charge in [0.05, 0.1) is 5.75 Å². The standard InChI is InChI=1S/C15H21ClN2O3S/c1-15(13-3-5-14(16)6-4-13)7-9-18(11-15)22(20,21)10-2-8-17-12-19/h3-6,12H,2,7-11H2,1H3,(H,17,19). The zero-order valence-corrected chi connectivity index (χ0v) is 14.2. The molecule has 1 aromatic rings. The van der Waals surface area contributed by atoms with Gasteiger partial charge in [-0.25, -0.2) is 12.7 Å². The van der Waals surface area contributed by atoms with E-state index in [4.69, 9.17) is 11.6 Å². The third-order valence-electron chi connectivity index (χ3n) is 4.18. The van der Waals surface area contributed by atoms with Gasteiger partial charge in [0.2, 0.25) is 16.4 Å². The van der Waals surface area contributed by atoms with Crippen LogP contribution in [0.5, 0.6) is 0 Å². The lowest BCUT2D eigenvalue weighted by Crippen LogP contribution is -2.35. The summed E-state index contributed by atoms with van der Waals surface area (Å²) in [6, 6.07) is 7.60. The maximum atomic E-state index is 12.4. The lowest BCUT2D eigenvalue weighted by molar-refractivity contribution is -0.109. The van der Waals surface area contributed by atoms with Crippen LogP contribution in [-0.2, 0) is 20.2 Å². The molecule has 1 aliphatic heterocycles. The minimum Gasteiger partial charge on any atom is -0.359 e. The molecule has 1 unspecified atom stereocenters. The maximum absolute atomic E-state index is 12.4. The van der Waals surface area contributed by atoms with E-state index in [1.807, 2.05) is 24.3 Å². The van der Waals surface area contributed by atoms with Crippen LogP contribution in [-0.4, -0.2) is 44.5 Å². The minimum atomic E-state index is -3.28. The Morgan fingerprint density at radius 1 is 1.36 bits per heavy atom. The van der Waals surface area contributed by atoms with Crippen molar-refractivity contribution in [1.82, 2.24) is 9.62 Å². The highest BCUT2D eigenvalue weighted by atomic mass is 35.5. The Labute approximate surface area is 136 Å². The summed E-state index contributed by atoms with van der Waals surface area (Å²) < 4.78 is 26.3. The van der Waals surface area contributed by atoms with Gasteiger partial charge in [-0.15, -0.1) is 0 Å². The van der Waals surface area contributed by atoms with Gasteiger partial charge in [-0.2, -0.15) is 0 Å². The third-order valence-corrected chi connectivity index (χ3v) is 6.33. The quantitative estimate of drug-likeness (QED) is 0.605. The van der Waals surface area contributed by atoms with Crippen molar-refractivity contribution < 1.29 is 13.2 Å². The number of rotatable bonds is 7. The summed E-state index contributed by atoms with van der Waals surface area (Å²) in [6.07, 6.45) is 1.80. The van der Waals surface area contributed by atoms with Gasteiger partial charge in [0.15, 0.2) is 0 Å². The number of sulfonamides is 1. The Balaban J connectivity index is 2.01. The van der Waals surface area contributed by atoms with E-state index >= 15 is 0 Å². The number of hydrogen-bond acceptors (Lipinski definition) is 3. The summed E-state index contributed by atoms with van der Waals surface area (Å²) in [4.78, 5) is 10.2. The first-order valence-electron chi connectivity index (χ1n) is 7.28. The molecule has 1 N–H and O–H groups in total. The molecule has 1 aliphatic rings. The SMILES string of the molecule is CC1(c2ccc(Cl)cc2)CCN(S(=O)(=O)CCCNC=O)C1. The fourth-order valence-corrected chi connectivity index (χ4v) is 4.53. The smallest absolute Gasteiger partial charge is 0.214 e. The molecule has 1 heterocycles. The van der Waals surface area contributed by atoms with Gasteiger partial charge in [-0.3, -0.25) is 4.79 Å². The van der Waals surface area contributed by atoms with E-state index in [0.29, 0.717) is 37.5 Å². The fraction of sp³-hybridized carbons (Fsp3) is 0.533. The molecule has 0 spiro atoms. The van der Waals surface area contributed by atoms with E-state index in [1.54, 1.807) is 4.31 Å². The largest absolute Gasteiger partial charge is 0.359 e. The molecular weight excluding hydrogens is 324 g/mol. The number of nitrogens with one attached hydrogen (secondary N) is 1. The van der Waals surface area contributed by atoms with Crippen molar-refractivity contribution in [3.8, 4) is 0 Å². The normalized spacial score (nSPS) is 22.6. The second kappa shape index (κ2) is 6.98. The van der Waals surface area contributed by atoms with E-state index in [9.17, 15) is 13.2 Å². The molecule has 0 radical (unpaired) electrons. The van der Waals surface area contributed by atoms with Crippen molar-refractivity contribution in [2.24, 2.45) is 0 Å². The van der Waals surface area contributed by atoms with Crippen LogP contribution in [0.1, 0.15) is 25.3 Å². The molecule has 1 atom stereocenters. The van der Waals surface area contributed by atoms with Crippen molar-refractivity contribution >= 4 is 28.0 Å². The van der Waals surface area contributed by atoms with E-state index < -0.39 is 10.0 Å². The highest BCUT2D eigenvalue weighted by molar-refractivity contribution is 7.89. The summed E-state index contributed by atoms with van der Waals surface area (Å²) in [5, 5.41) is 3.16. The summed E-state index contributed by atoms with van der Waals surface area (Å²) in [7, 11) is -3.28. The summed E-state index contributed by atoms with van der Waals surface area (Å²) in [6.45, 7) is 3.48. The van der Waals surface area contributed by atoms with Gasteiger partial charge in [0.25, 0.3) is 0 Å². The van der Waals surface area contributed by atoms with Crippen LogP contribution < -0.4 is 5.32 Å². The average molecular weight is 345 g/mol. The molecule has 122 valence electrons. The zero-order valence-electron chi connectivity index (χ0n) is 12.6. The molecule has 0 aromatic heterocycles. The first kappa shape index (κ1) is 17.2. The van der Waals surface area contributed by atoms with Gasteiger partial charge >= 0.3 is 0 Å². The molecule has 22 heavy (non-hydrogen) atoms. The van der Waals surface area contributed by atoms with E-state index in [1.165, 1.54) is 0 Å². The highest BCUT2D eigenvalue weighted by Crippen LogP contribution is 2.35.